The molecule has 248 valence electrons. The molecule has 1 saturated heterocycles. The number of nitrogens with zero attached hydrogens (tertiary/aromatic N) is 2. The summed E-state index contributed by atoms with van der Waals surface area (Å²) in [7, 11) is -8.06. The van der Waals surface area contributed by atoms with Crippen molar-refractivity contribution >= 4 is 60.3 Å². The van der Waals surface area contributed by atoms with Crippen molar-refractivity contribution in [1.29, 1.82) is 5.41 Å². The number of carbonyl (C=O) groups excluding carboxylic acids is 1. The summed E-state index contributed by atoms with van der Waals surface area (Å²) in [4.78, 5) is 25.0. The van der Waals surface area contributed by atoms with E-state index in [-0.39, 0.29) is 40.4 Å². The van der Waals surface area contributed by atoms with Gasteiger partial charge in [0.15, 0.2) is 5.96 Å². The number of nitro benzene ring substituents is 1. The lowest BCUT2D eigenvalue weighted by atomic mass is 9.99. The fourth-order valence-corrected chi connectivity index (χ4v) is 6.49. The molecule has 0 radical (unpaired) electrons. The number of nitrogens with two attached hydrogens (primary N) is 1. The van der Waals surface area contributed by atoms with Gasteiger partial charge in [-0.1, -0.05) is 29.8 Å². The summed E-state index contributed by atoms with van der Waals surface area (Å²) in [5.41, 5.74) is 6.94. The van der Waals surface area contributed by atoms with Gasteiger partial charge in [-0.15, -0.1) is 0 Å². The Morgan fingerprint density at radius 2 is 1.67 bits per heavy atom. The number of piperidine rings is 1. The Balaban J connectivity index is 0.000000441. The minimum atomic E-state index is -4.04. The summed E-state index contributed by atoms with van der Waals surface area (Å²) in [5.74, 6) is -0.829. The zero-order valence-corrected chi connectivity index (χ0v) is 28.5. The molecule has 1 aliphatic heterocycles. The number of aryl methyl sites for hydroxylation is 1. The summed E-state index contributed by atoms with van der Waals surface area (Å²) in [6, 6.07) is 16.5. The van der Waals surface area contributed by atoms with Gasteiger partial charge in [0, 0.05) is 34.7 Å². The molecule has 0 spiro atoms. The number of nitrogens with one attached hydrogen (secondary N) is 2. The van der Waals surface area contributed by atoms with Gasteiger partial charge in [0.25, 0.3) is 15.8 Å². The SMILES string of the molecule is Cc1ccc(S(=O)(=O)O)cc1.N=C(N)N1CCC[C@@H](COC(=O)[C@@H](Cc2ccc([N+](=O)[O-])cc2)NS(=O)(=O)c2ccc(I)cc2)C1. The first-order chi connectivity index (χ1) is 21.5. The van der Waals surface area contributed by atoms with Gasteiger partial charge in [0.2, 0.25) is 10.0 Å². The number of carbonyl (C=O) groups is 1. The molecule has 0 saturated carbocycles. The molecule has 0 aliphatic carbocycles. The van der Waals surface area contributed by atoms with Crippen LogP contribution in [-0.2, 0) is 36.1 Å². The third-order valence-corrected chi connectivity index (χ3v) is 10.0. The average Bonchev–Trinajstić information content (AvgIpc) is 3.00. The van der Waals surface area contributed by atoms with Crippen molar-refractivity contribution in [3.05, 3.63) is 97.6 Å². The zero-order valence-electron chi connectivity index (χ0n) is 24.7. The number of esters is 1. The average molecular weight is 788 g/mol. The van der Waals surface area contributed by atoms with Crippen LogP contribution in [0.4, 0.5) is 5.69 Å². The molecule has 1 aliphatic rings. The Bertz CT molecular complexity index is 1740. The number of hydrogen-bond acceptors (Lipinski definition) is 9. The Morgan fingerprint density at radius 1 is 1.09 bits per heavy atom. The summed E-state index contributed by atoms with van der Waals surface area (Å²) in [6.07, 6.45) is 1.54. The summed E-state index contributed by atoms with van der Waals surface area (Å²) < 4.78 is 64.3. The van der Waals surface area contributed by atoms with Crippen LogP contribution < -0.4 is 10.5 Å². The third-order valence-electron chi connectivity index (χ3n) is 6.93. The van der Waals surface area contributed by atoms with Crippen LogP contribution >= 0.6 is 22.6 Å². The van der Waals surface area contributed by atoms with Gasteiger partial charge in [-0.2, -0.15) is 13.1 Å². The van der Waals surface area contributed by atoms with Crippen molar-refractivity contribution in [3.8, 4) is 0 Å². The van der Waals surface area contributed by atoms with Gasteiger partial charge in [-0.25, -0.2) is 8.42 Å². The van der Waals surface area contributed by atoms with Crippen molar-refractivity contribution in [2.75, 3.05) is 19.7 Å². The molecule has 3 aromatic carbocycles. The molecule has 4 rings (SSSR count). The van der Waals surface area contributed by atoms with E-state index in [9.17, 15) is 31.7 Å². The van der Waals surface area contributed by atoms with E-state index in [1.807, 2.05) is 6.92 Å². The highest BCUT2D eigenvalue weighted by Crippen LogP contribution is 2.19. The second-order valence-corrected chi connectivity index (χ2v) is 14.9. The third kappa shape index (κ3) is 11.3. The van der Waals surface area contributed by atoms with E-state index in [4.69, 9.17) is 20.4 Å². The van der Waals surface area contributed by atoms with Gasteiger partial charge in [0.1, 0.15) is 6.04 Å². The normalized spacial score (nSPS) is 15.6. The first-order valence-electron chi connectivity index (χ1n) is 13.9. The quantitative estimate of drug-likeness (QED) is 0.0443. The topological polar surface area (TPSA) is 223 Å². The number of nitro groups is 1. The summed E-state index contributed by atoms with van der Waals surface area (Å²) in [6.45, 7) is 3.04. The number of guanidine groups is 1. The molecular formula is C29H34IN5O9S2. The highest BCUT2D eigenvalue weighted by molar-refractivity contribution is 14.1. The van der Waals surface area contributed by atoms with E-state index >= 15 is 0 Å². The molecule has 1 heterocycles. The van der Waals surface area contributed by atoms with Crippen LogP contribution in [0.2, 0.25) is 0 Å². The number of benzene rings is 3. The zero-order chi connectivity index (χ0) is 34.1. The Kier molecular flexibility index (Phi) is 13.0. The molecule has 1 fully saturated rings. The number of ether oxygens (including phenoxy) is 1. The second kappa shape index (κ2) is 16.3. The van der Waals surface area contributed by atoms with Gasteiger partial charge in [0.05, 0.1) is 21.3 Å². The maximum absolute atomic E-state index is 13.0. The van der Waals surface area contributed by atoms with Crippen LogP contribution in [0.15, 0.2) is 82.6 Å². The van der Waals surface area contributed by atoms with E-state index in [2.05, 4.69) is 27.3 Å². The molecule has 17 heteroatoms. The Labute approximate surface area is 280 Å². The van der Waals surface area contributed by atoms with Crippen LogP contribution in [0.3, 0.4) is 0 Å². The van der Waals surface area contributed by atoms with Crippen LogP contribution in [0, 0.1) is 31.9 Å². The van der Waals surface area contributed by atoms with Gasteiger partial charge < -0.3 is 15.4 Å². The lowest BCUT2D eigenvalue weighted by molar-refractivity contribution is -0.384. The number of rotatable bonds is 10. The molecule has 0 bridgehead atoms. The molecule has 2 atom stereocenters. The number of hydrogen-bond donors (Lipinski definition) is 4. The lowest BCUT2D eigenvalue weighted by Crippen LogP contribution is -2.46. The van der Waals surface area contributed by atoms with Crippen LogP contribution in [0.25, 0.3) is 0 Å². The van der Waals surface area contributed by atoms with Crippen LogP contribution in [0.5, 0.6) is 0 Å². The van der Waals surface area contributed by atoms with Crippen molar-refractivity contribution in [2.24, 2.45) is 11.7 Å². The van der Waals surface area contributed by atoms with Crippen molar-refractivity contribution in [3.63, 3.8) is 0 Å². The maximum Gasteiger partial charge on any atom is 0.324 e. The predicted octanol–water partition coefficient (Wildman–Crippen LogP) is 3.48. The number of non-ortho nitro benzene ring substituents is 1. The fourth-order valence-electron chi connectivity index (χ4n) is 4.46. The van der Waals surface area contributed by atoms with E-state index in [0.29, 0.717) is 18.7 Å². The van der Waals surface area contributed by atoms with Gasteiger partial charge >= 0.3 is 5.97 Å². The lowest BCUT2D eigenvalue weighted by Gasteiger charge is -2.32. The van der Waals surface area contributed by atoms with Crippen LogP contribution in [0.1, 0.15) is 24.0 Å². The minimum Gasteiger partial charge on any atom is -0.464 e. The predicted molar refractivity (Wildman–Crippen MR) is 178 cm³/mol. The largest absolute Gasteiger partial charge is 0.464 e. The van der Waals surface area contributed by atoms with E-state index in [1.165, 1.54) is 48.5 Å². The molecule has 0 aromatic heterocycles. The highest BCUT2D eigenvalue weighted by atomic mass is 127. The molecule has 0 amide bonds. The molecule has 14 nitrogen and oxygen atoms in total. The van der Waals surface area contributed by atoms with Crippen LogP contribution in [-0.4, -0.2) is 68.9 Å². The number of likely N-dealkylation sites (tertiary alicyclic amines) is 1. The standard InChI is InChI=1S/C22H26IN5O6S.C7H8O3S/c23-17-5-9-19(10-6-17)35(32,33)26-20(12-15-3-7-18(8-4-15)28(30)31)21(29)34-14-16-2-1-11-27(13-16)22(24)25;1-6-2-4-7(5-3-6)11(8,9)10/h3-10,16,20,26H,1-2,11-14H2,(H3,24,25);2-5H,1H3,(H,8,9,10)/t16-,20-;/m1./s1. The second-order valence-electron chi connectivity index (χ2n) is 10.5. The number of halogens is 1. The van der Waals surface area contributed by atoms with E-state index in [1.54, 1.807) is 29.2 Å². The van der Waals surface area contributed by atoms with Gasteiger partial charge in [-0.05, 0) is 90.7 Å². The molecule has 5 N–H and O–H groups in total. The highest BCUT2D eigenvalue weighted by Gasteiger charge is 2.29. The molecule has 3 aromatic rings. The first-order valence-corrected chi connectivity index (χ1v) is 17.9. The van der Waals surface area contributed by atoms with Crippen molar-refractivity contribution < 1.29 is 35.8 Å². The maximum atomic E-state index is 13.0. The minimum absolute atomic E-state index is 0.00351. The number of sulfonamides is 1. The Morgan fingerprint density at radius 3 is 2.22 bits per heavy atom. The van der Waals surface area contributed by atoms with Crippen molar-refractivity contribution in [2.45, 2.75) is 42.0 Å². The Hall–Kier alpha value is -3.65. The summed E-state index contributed by atoms with van der Waals surface area (Å²) in [5, 5.41) is 18.5. The first kappa shape index (κ1) is 36.8. The monoisotopic (exact) mass is 787 g/mol. The molecule has 0 unspecified atom stereocenters. The molecule has 46 heavy (non-hydrogen) atoms. The van der Waals surface area contributed by atoms with E-state index in [0.717, 1.165) is 22.0 Å². The fraction of sp³-hybridized carbons (Fsp3) is 0.310. The van der Waals surface area contributed by atoms with Gasteiger partial charge in [-0.3, -0.25) is 24.9 Å². The van der Waals surface area contributed by atoms with Crippen molar-refractivity contribution in [1.82, 2.24) is 9.62 Å². The summed E-state index contributed by atoms with van der Waals surface area (Å²) >= 11 is 2.06. The van der Waals surface area contributed by atoms with E-state index < -0.39 is 37.1 Å². The molecular weight excluding hydrogens is 753 g/mol. The smallest absolute Gasteiger partial charge is 0.324 e.